The van der Waals surface area contributed by atoms with E-state index in [0.29, 0.717) is 5.56 Å². The van der Waals surface area contributed by atoms with Gasteiger partial charge in [-0.15, -0.1) is 0 Å². The molecule has 1 aliphatic heterocycles. The van der Waals surface area contributed by atoms with Crippen LogP contribution in [0.5, 0.6) is 0 Å². The molecule has 0 bridgehead atoms. The monoisotopic (exact) mass is 267 g/mol. The number of carbonyl (C=O) groups excluding carboxylic acids is 1. The molecule has 0 radical (unpaired) electrons. The van der Waals surface area contributed by atoms with Crippen LogP contribution in [0, 0.1) is 0 Å². The molecule has 0 spiro atoms. The second kappa shape index (κ2) is 4.96. The number of para-hydroxylation sites is 1. The summed E-state index contributed by atoms with van der Waals surface area (Å²) < 4.78 is 0. The highest BCUT2D eigenvalue weighted by Gasteiger charge is 2.29. The first-order valence-corrected chi connectivity index (χ1v) is 6.80. The zero-order chi connectivity index (χ0) is 14.1. The predicted octanol–water partition coefficient (Wildman–Crippen LogP) is 2.65. The lowest BCUT2D eigenvalue weighted by Gasteiger charge is -2.35. The van der Waals surface area contributed by atoms with Crippen molar-refractivity contribution in [3.05, 3.63) is 53.7 Å². The molecule has 1 aromatic carbocycles. The van der Waals surface area contributed by atoms with Gasteiger partial charge in [0.1, 0.15) is 5.82 Å². The summed E-state index contributed by atoms with van der Waals surface area (Å²) in [6, 6.07) is 11.7. The summed E-state index contributed by atoms with van der Waals surface area (Å²) >= 11 is 0. The molecule has 1 aromatic heterocycles. The molecule has 2 heterocycles. The summed E-state index contributed by atoms with van der Waals surface area (Å²) in [6.45, 7) is 2.07. The predicted molar refractivity (Wildman–Crippen MR) is 79.7 cm³/mol. The van der Waals surface area contributed by atoms with Gasteiger partial charge in [-0.25, -0.2) is 4.98 Å². The lowest BCUT2D eigenvalue weighted by molar-refractivity contribution is 0.0976. The molecule has 0 saturated carbocycles. The number of nitrogens with zero attached hydrogens (tertiary/aromatic N) is 2. The summed E-state index contributed by atoms with van der Waals surface area (Å²) in [5.74, 6) is 0.211. The van der Waals surface area contributed by atoms with Crippen molar-refractivity contribution in [3.8, 4) is 0 Å². The van der Waals surface area contributed by atoms with Crippen LogP contribution in [0.3, 0.4) is 0 Å². The van der Waals surface area contributed by atoms with Crippen LogP contribution in [0.1, 0.15) is 29.3 Å². The van der Waals surface area contributed by atoms with Gasteiger partial charge in [0.15, 0.2) is 0 Å². The maximum absolute atomic E-state index is 12.8. The molecule has 1 unspecified atom stereocenters. The number of aryl methyl sites for hydroxylation is 1. The maximum atomic E-state index is 12.8. The first-order valence-electron chi connectivity index (χ1n) is 6.80. The van der Waals surface area contributed by atoms with E-state index in [4.69, 9.17) is 5.73 Å². The average Bonchev–Trinajstić information content (AvgIpc) is 2.47. The van der Waals surface area contributed by atoms with Crippen LogP contribution in [0.25, 0.3) is 0 Å². The summed E-state index contributed by atoms with van der Waals surface area (Å²) in [6.07, 6.45) is 3.56. The molecule has 102 valence electrons. The van der Waals surface area contributed by atoms with Gasteiger partial charge in [-0.3, -0.25) is 4.79 Å². The number of hydrogen-bond donors (Lipinski definition) is 1. The molecule has 2 aromatic rings. The molecule has 0 saturated heterocycles. The van der Waals surface area contributed by atoms with Crippen molar-refractivity contribution in [3.63, 3.8) is 0 Å². The highest BCUT2D eigenvalue weighted by molar-refractivity contribution is 6.09. The maximum Gasteiger partial charge on any atom is 0.262 e. The SMILES string of the molecule is CC1CCc2ccccc2N1C(=O)c1cccnc1N. The number of aromatic nitrogens is 1. The van der Waals surface area contributed by atoms with Crippen molar-refractivity contribution in [2.75, 3.05) is 10.6 Å². The molecule has 4 heteroatoms. The quantitative estimate of drug-likeness (QED) is 0.864. The van der Waals surface area contributed by atoms with E-state index < -0.39 is 0 Å². The van der Waals surface area contributed by atoms with E-state index in [-0.39, 0.29) is 17.8 Å². The Bertz CT molecular complexity index is 654. The lowest BCUT2D eigenvalue weighted by atomic mass is 9.96. The number of amides is 1. The molecule has 1 amide bonds. The zero-order valence-electron chi connectivity index (χ0n) is 11.4. The second-order valence-corrected chi connectivity index (χ2v) is 5.13. The first kappa shape index (κ1) is 12.7. The Kier molecular flexibility index (Phi) is 3.14. The van der Waals surface area contributed by atoms with Crippen molar-refractivity contribution >= 4 is 17.4 Å². The molecular formula is C16H17N3O. The van der Waals surface area contributed by atoms with Gasteiger partial charge in [0.25, 0.3) is 5.91 Å². The third kappa shape index (κ3) is 2.03. The topological polar surface area (TPSA) is 59.2 Å². The fraction of sp³-hybridized carbons (Fsp3) is 0.250. The van der Waals surface area contributed by atoms with Gasteiger partial charge in [-0.1, -0.05) is 18.2 Å². The third-order valence-electron chi connectivity index (χ3n) is 3.81. The van der Waals surface area contributed by atoms with Gasteiger partial charge >= 0.3 is 0 Å². The number of fused-ring (bicyclic) bond motifs is 1. The summed E-state index contributed by atoms with van der Waals surface area (Å²) in [7, 11) is 0. The molecular weight excluding hydrogens is 250 g/mol. The van der Waals surface area contributed by atoms with Gasteiger partial charge in [0.05, 0.1) is 5.56 Å². The number of hydrogen-bond acceptors (Lipinski definition) is 3. The smallest absolute Gasteiger partial charge is 0.262 e. The van der Waals surface area contributed by atoms with E-state index in [1.807, 2.05) is 23.1 Å². The highest BCUT2D eigenvalue weighted by atomic mass is 16.2. The molecule has 20 heavy (non-hydrogen) atoms. The van der Waals surface area contributed by atoms with Crippen LogP contribution < -0.4 is 10.6 Å². The van der Waals surface area contributed by atoms with E-state index in [0.717, 1.165) is 18.5 Å². The van der Waals surface area contributed by atoms with Gasteiger partial charge < -0.3 is 10.6 Å². The van der Waals surface area contributed by atoms with Gasteiger partial charge in [-0.2, -0.15) is 0 Å². The normalized spacial score (nSPS) is 17.6. The molecule has 0 aliphatic carbocycles. The van der Waals surface area contributed by atoms with Crippen LogP contribution in [0.15, 0.2) is 42.6 Å². The number of benzene rings is 1. The minimum absolute atomic E-state index is 0.0738. The van der Waals surface area contributed by atoms with Crippen LogP contribution in [0.2, 0.25) is 0 Å². The molecule has 0 fully saturated rings. The molecule has 1 atom stereocenters. The Morgan fingerprint density at radius 1 is 1.30 bits per heavy atom. The summed E-state index contributed by atoms with van der Waals surface area (Å²) in [4.78, 5) is 18.6. The van der Waals surface area contributed by atoms with E-state index in [9.17, 15) is 4.79 Å². The number of pyridine rings is 1. The van der Waals surface area contributed by atoms with E-state index >= 15 is 0 Å². The van der Waals surface area contributed by atoms with E-state index in [2.05, 4.69) is 18.0 Å². The number of anilines is 2. The van der Waals surface area contributed by atoms with Crippen LogP contribution in [-0.2, 0) is 6.42 Å². The summed E-state index contributed by atoms with van der Waals surface area (Å²) in [5, 5.41) is 0. The second-order valence-electron chi connectivity index (χ2n) is 5.13. The Labute approximate surface area is 118 Å². The van der Waals surface area contributed by atoms with Gasteiger partial charge in [-0.05, 0) is 43.5 Å². The highest BCUT2D eigenvalue weighted by Crippen LogP contribution is 2.32. The largest absolute Gasteiger partial charge is 0.383 e. The Balaban J connectivity index is 2.05. The standard InChI is InChI=1S/C16H17N3O/c1-11-8-9-12-5-2-3-7-14(12)19(11)16(20)13-6-4-10-18-15(13)17/h2-7,10-11H,8-9H2,1H3,(H2,17,18). The van der Waals surface area contributed by atoms with Crippen LogP contribution >= 0.6 is 0 Å². The molecule has 3 rings (SSSR count). The third-order valence-corrected chi connectivity index (χ3v) is 3.81. The van der Waals surface area contributed by atoms with Crippen molar-refractivity contribution in [2.45, 2.75) is 25.8 Å². The molecule has 4 nitrogen and oxygen atoms in total. The Morgan fingerprint density at radius 2 is 2.10 bits per heavy atom. The number of carbonyl (C=O) groups is 1. The Hall–Kier alpha value is -2.36. The van der Waals surface area contributed by atoms with Gasteiger partial charge in [0, 0.05) is 17.9 Å². The van der Waals surface area contributed by atoms with Crippen LogP contribution in [0.4, 0.5) is 11.5 Å². The van der Waals surface area contributed by atoms with Gasteiger partial charge in [0.2, 0.25) is 0 Å². The van der Waals surface area contributed by atoms with E-state index in [1.54, 1.807) is 18.3 Å². The summed E-state index contributed by atoms with van der Waals surface area (Å²) in [5.41, 5.74) is 8.50. The average molecular weight is 267 g/mol. The molecule has 1 aliphatic rings. The number of rotatable bonds is 1. The minimum Gasteiger partial charge on any atom is -0.383 e. The Morgan fingerprint density at radius 3 is 2.90 bits per heavy atom. The number of nitrogens with two attached hydrogens (primary N) is 1. The lowest BCUT2D eigenvalue weighted by Crippen LogP contribution is -2.42. The van der Waals surface area contributed by atoms with Crippen molar-refractivity contribution in [2.24, 2.45) is 0 Å². The fourth-order valence-corrected chi connectivity index (χ4v) is 2.73. The van der Waals surface area contributed by atoms with Crippen LogP contribution in [-0.4, -0.2) is 16.9 Å². The zero-order valence-corrected chi connectivity index (χ0v) is 11.4. The van der Waals surface area contributed by atoms with Crippen molar-refractivity contribution < 1.29 is 4.79 Å². The number of nitrogen functional groups attached to an aromatic ring is 1. The first-order chi connectivity index (χ1) is 9.68. The van der Waals surface area contributed by atoms with Crippen molar-refractivity contribution in [1.82, 2.24) is 4.98 Å². The van der Waals surface area contributed by atoms with Crippen molar-refractivity contribution in [1.29, 1.82) is 0 Å². The molecule has 2 N–H and O–H groups in total. The fourth-order valence-electron chi connectivity index (χ4n) is 2.73. The van der Waals surface area contributed by atoms with E-state index in [1.165, 1.54) is 5.56 Å². The minimum atomic E-state index is -0.0738.